The summed E-state index contributed by atoms with van der Waals surface area (Å²) in [5.74, 6) is 0.582. The van der Waals surface area contributed by atoms with Gasteiger partial charge in [-0.1, -0.05) is 46.8 Å². The maximum Gasteiger partial charge on any atom is 0.234 e. The molecule has 0 radical (unpaired) electrons. The number of nitrogens with zero attached hydrogens (tertiary/aromatic N) is 4. The molecule has 0 bridgehead atoms. The van der Waals surface area contributed by atoms with Gasteiger partial charge in [0.1, 0.15) is 11.9 Å². The number of aromatic nitrogens is 2. The number of anilines is 2. The van der Waals surface area contributed by atoms with Crippen LogP contribution in [0.4, 0.5) is 11.5 Å². The van der Waals surface area contributed by atoms with Gasteiger partial charge in [-0.15, -0.1) is 0 Å². The van der Waals surface area contributed by atoms with Crippen LogP contribution in [0.2, 0.25) is 0 Å². The van der Waals surface area contributed by atoms with E-state index in [1.807, 2.05) is 44.2 Å². The summed E-state index contributed by atoms with van der Waals surface area (Å²) in [6.45, 7) is 19.4. The molecule has 1 amide bonds. The molecule has 190 valence electrons. The molecule has 0 aliphatic heterocycles. The molecule has 2 aromatic rings. The Morgan fingerprint density at radius 1 is 1.06 bits per heavy atom. The first-order chi connectivity index (χ1) is 16.5. The molecule has 0 spiro atoms. The molecule has 35 heavy (non-hydrogen) atoms. The van der Waals surface area contributed by atoms with Crippen molar-refractivity contribution in [3.8, 4) is 6.07 Å². The number of hydrogen-bond donors (Lipinski definition) is 3. The Hall–Kier alpha value is -3.18. The lowest BCUT2D eigenvalue weighted by Gasteiger charge is -2.25. The maximum absolute atomic E-state index is 13.1. The molecular formula is C27H41N7O. The summed E-state index contributed by atoms with van der Waals surface area (Å²) in [6, 6.07) is 10.0. The number of rotatable bonds is 12. The summed E-state index contributed by atoms with van der Waals surface area (Å²) in [6.07, 6.45) is 1.60. The van der Waals surface area contributed by atoms with Crippen LogP contribution in [-0.4, -0.2) is 53.5 Å². The van der Waals surface area contributed by atoms with Gasteiger partial charge in [-0.3, -0.25) is 4.79 Å². The highest BCUT2D eigenvalue weighted by Gasteiger charge is 2.29. The summed E-state index contributed by atoms with van der Waals surface area (Å²) >= 11 is 0. The van der Waals surface area contributed by atoms with Crippen LogP contribution in [0.5, 0.6) is 0 Å². The van der Waals surface area contributed by atoms with Crippen molar-refractivity contribution in [1.29, 1.82) is 5.26 Å². The van der Waals surface area contributed by atoms with Gasteiger partial charge in [0.25, 0.3) is 0 Å². The zero-order valence-electron chi connectivity index (χ0n) is 22.3. The first-order valence-electron chi connectivity index (χ1n) is 12.3. The van der Waals surface area contributed by atoms with Crippen molar-refractivity contribution in [2.75, 3.05) is 43.4 Å². The van der Waals surface area contributed by atoms with Crippen molar-refractivity contribution in [2.24, 2.45) is 5.41 Å². The average Bonchev–Trinajstić information content (AvgIpc) is 2.83. The molecule has 0 saturated carbocycles. The Morgan fingerprint density at radius 2 is 1.71 bits per heavy atom. The fraction of sp³-hybridized carbons (Fsp3) is 0.556. The number of carbonyl (C=O) groups excluding carboxylic acids is 1. The third-order valence-electron chi connectivity index (χ3n) is 6.02. The molecule has 1 aromatic carbocycles. The summed E-state index contributed by atoms with van der Waals surface area (Å²) in [5.41, 5.74) is 2.04. The second-order valence-electron chi connectivity index (χ2n) is 10.4. The third kappa shape index (κ3) is 8.52. The molecule has 0 fully saturated rings. The van der Waals surface area contributed by atoms with Crippen molar-refractivity contribution in [1.82, 2.24) is 20.2 Å². The van der Waals surface area contributed by atoms with Gasteiger partial charge in [0.15, 0.2) is 0 Å². The van der Waals surface area contributed by atoms with Crippen molar-refractivity contribution in [2.45, 2.75) is 60.4 Å². The average molecular weight is 480 g/mol. The molecule has 0 aliphatic carbocycles. The lowest BCUT2D eigenvalue weighted by molar-refractivity contribution is -0.125. The predicted molar refractivity (Wildman–Crippen MR) is 142 cm³/mol. The van der Waals surface area contributed by atoms with E-state index in [2.05, 4.69) is 65.4 Å². The smallest absolute Gasteiger partial charge is 0.234 e. The fourth-order valence-electron chi connectivity index (χ4n) is 3.52. The lowest BCUT2D eigenvalue weighted by Crippen LogP contribution is -2.40. The summed E-state index contributed by atoms with van der Waals surface area (Å²) < 4.78 is 0. The van der Waals surface area contributed by atoms with E-state index in [9.17, 15) is 4.79 Å². The Bertz CT molecular complexity index is 1000. The van der Waals surface area contributed by atoms with Gasteiger partial charge in [-0.25, -0.2) is 9.97 Å². The van der Waals surface area contributed by atoms with Gasteiger partial charge in [-0.2, -0.15) is 5.26 Å². The largest absolute Gasteiger partial charge is 0.384 e. The quantitative estimate of drug-likeness (QED) is 0.420. The monoisotopic (exact) mass is 479 g/mol. The molecule has 1 heterocycles. The Balaban J connectivity index is 2.03. The van der Waals surface area contributed by atoms with Crippen LogP contribution in [0.1, 0.15) is 65.4 Å². The minimum absolute atomic E-state index is 0.0344. The number of nitriles is 1. The standard InChI is InChI=1S/C27H41N7O/c1-8-34(9-2)15-14-29-22-12-10-21(11-13-22)27(6,7)25(35)31-18-20-17-30-23(16-28)33-24(20)32-19-26(3,4)5/h10-13,17,29H,8-9,14-15,18-19H2,1-7H3,(H,31,35)(H,30,32,33). The van der Waals surface area contributed by atoms with E-state index in [0.29, 0.717) is 12.4 Å². The zero-order chi connectivity index (χ0) is 26.1. The molecule has 0 saturated heterocycles. The highest BCUT2D eigenvalue weighted by Crippen LogP contribution is 2.25. The molecule has 8 heteroatoms. The normalized spacial score (nSPS) is 11.7. The summed E-state index contributed by atoms with van der Waals surface area (Å²) in [7, 11) is 0. The Morgan fingerprint density at radius 3 is 2.29 bits per heavy atom. The number of nitrogens with one attached hydrogen (secondary N) is 3. The van der Waals surface area contributed by atoms with Crippen LogP contribution in [0, 0.1) is 16.7 Å². The van der Waals surface area contributed by atoms with Crippen LogP contribution in [-0.2, 0) is 16.8 Å². The van der Waals surface area contributed by atoms with Gasteiger partial charge >= 0.3 is 0 Å². The first kappa shape index (κ1) is 28.1. The summed E-state index contributed by atoms with van der Waals surface area (Å²) in [4.78, 5) is 23.9. The van der Waals surface area contributed by atoms with Crippen molar-refractivity contribution in [3.05, 3.63) is 47.4 Å². The van der Waals surface area contributed by atoms with Gasteiger partial charge in [-0.05, 0) is 50.0 Å². The number of amides is 1. The van der Waals surface area contributed by atoms with E-state index in [-0.39, 0.29) is 23.7 Å². The second kappa shape index (κ2) is 12.5. The van der Waals surface area contributed by atoms with E-state index in [4.69, 9.17) is 5.26 Å². The molecule has 2 rings (SSSR count). The zero-order valence-corrected chi connectivity index (χ0v) is 22.3. The van der Waals surface area contributed by atoms with E-state index >= 15 is 0 Å². The van der Waals surface area contributed by atoms with Crippen molar-refractivity contribution < 1.29 is 4.79 Å². The maximum atomic E-state index is 13.1. The first-order valence-corrected chi connectivity index (χ1v) is 12.3. The topological polar surface area (TPSA) is 106 Å². The van der Waals surface area contributed by atoms with E-state index in [1.165, 1.54) is 0 Å². The molecule has 0 atom stereocenters. The van der Waals surface area contributed by atoms with Crippen LogP contribution in [0.25, 0.3) is 0 Å². The molecule has 1 aromatic heterocycles. The van der Waals surface area contributed by atoms with E-state index in [1.54, 1.807) is 6.20 Å². The Kier molecular flexibility index (Phi) is 10.0. The van der Waals surface area contributed by atoms with Crippen LogP contribution >= 0.6 is 0 Å². The van der Waals surface area contributed by atoms with Gasteiger partial charge in [0.05, 0.1) is 5.41 Å². The van der Waals surface area contributed by atoms with Crippen molar-refractivity contribution >= 4 is 17.4 Å². The molecule has 0 unspecified atom stereocenters. The number of likely N-dealkylation sites (N-methyl/N-ethyl adjacent to an activating group) is 1. The number of hydrogen-bond acceptors (Lipinski definition) is 7. The molecule has 0 aliphatic rings. The lowest BCUT2D eigenvalue weighted by atomic mass is 9.83. The fourth-order valence-corrected chi connectivity index (χ4v) is 3.52. The van der Waals surface area contributed by atoms with E-state index < -0.39 is 5.41 Å². The molecular weight excluding hydrogens is 438 g/mol. The minimum Gasteiger partial charge on any atom is -0.384 e. The highest BCUT2D eigenvalue weighted by molar-refractivity contribution is 5.87. The van der Waals surface area contributed by atoms with Gasteiger partial charge in [0.2, 0.25) is 11.7 Å². The van der Waals surface area contributed by atoms with Crippen LogP contribution in [0.3, 0.4) is 0 Å². The SMILES string of the molecule is CCN(CC)CCNc1ccc(C(C)(C)C(=O)NCc2cnc(C#N)nc2NCC(C)(C)C)cc1. The highest BCUT2D eigenvalue weighted by atomic mass is 16.2. The Labute approximate surface area is 210 Å². The van der Waals surface area contributed by atoms with Crippen LogP contribution in [0.15, 0.2) is 30.5 Å². The van der Waals surface area contributed by atoms with E-state index in [0.717, 1.165) is 43.0 Å². The van der Waals surface area contributed by atoms with Gasteiger partial charge in [0, 0.05) is 43.6 Å². The number of benzene rings is 1. The predicted octanol–water partition coefficient (Wildman–Crippen LogP) is 4.15. The third-order valence-corrected chi connectivity index (χ3v) is 6.02. The van der Waals surface area contributed by atoms with Crippen molar-refractivity contribution in [3.63, 3.8) is 0 Å². The summed E-state index contributed by atoms with van der Waals surface area (Å²) in [5, 5.41) is 18.9. The van der Waals surface area contributed by atoms with Crippen LogP contribution < -0.4 is 16.0 Å². The second-order valence-corrected chi connectivity index (χ2v) is 10.4. The van der Waals surface area contributed by atoms with Gasteiger partial charge < -0.3 is 20.9 Å². The molecule has 8 nitrogen and oxygen atoms in total. The minimum atomic E-state index is -0.716. The molecule has 3 N–H and O–H groups in total. The number of carbonyl (C=O) groups is 1.